The number of rotatable bonds is 1. The number of hydrogen-bond acceptors (Lipinski definition) is 3. The van der Waals surface area contributed by atoms with Crippen LogP contribution in [0.5, 0.6) is 0 Å². The molecule has 3 rings (SSSR count). The molecule has 0 spiro atoms. The second kappa shape index (κ2) is 4.16. The van der Waals surface area contributed by atoms with Crippen molar-refractivity contribution in [1.29, 1.82) is 0 Å². The van der Waals surface area contributed by atoms with Crippen LogP contribution in [0.1, 0.15) is 40.0 Å². The first-order chi connectivity index (χ1) is 9.09. The summed E-state index contributed by atoms with van der Waals surface area (Å²) >= 11 is 0. The Kier molecular flexibility index (Phi) is 2.59. The highest BCUT2D eigenvalue weighted by molar-refractivity contribution is 6.23. The Labute approximate surface area is 110 Å². The fourth-order valence-corrected chi connectivity index (χ4v) is 2.72. The average molecular weight is 255 g/mol. The molecule has 1 atom stereocenters. The van der Waals surface area contributed by atoms with Crippen LogP contribution in [0.15, 0.2) is 36.4 Å². The molecule has 1 aliphatic carbocycles. The number of fused-ring (bicyclic) bond motifs is 1. The van der Waals surface area contributed by atoms with Gasteiger partial charge in [0.2, 0.25) is 0 Å². The van der Waals surface area contributed by atoms with E-state index in [1.165, 1.54) is 0 Å². The summed E-state index contributed by atoms with van der Waals surface area (Å²) < 4.78 is 0. The topological polar surface area (TPSA) is 54.5 Å². The van der Waals surface area contributed by atoms with Crippen LogP contribution in [0.4, 0.5) is 0 Å². The van der Waals surface area contributed by atoms with Crippen LogP contribution in [0.2, 0.25) is 0 Å². The van der Waals surface area contributed by atoms with Crippen LogP contribution in [-0.2, 0) is 4.79 Å². The van der Waals surface area contributed by atoms with Crippen molar-refractivity contribution in [3.05, 3.63) is 47.5 Å². The minimum absolute atomic E-state index is 0.0919. The van der Waals surface area contributed by atoms with Gasteiger partial charge in [0, 0.05) is 6.42 Å². The van der Waals surface area contributed by atoms with Gasteiger partial charge in [0.15, 0.2) is 5.78 Å². The predicted octanol–water partition coefficient (Wildman–Crippen LogP) is 1.96. The highest BCUT2D eigenvalue weighted by Gasteiger charge is 2.43. The molecule has 4 nitrogen and oxygen atoms in total. The van der Waals surface area contributed by atoms with Crippen LogP contribution in [-0.4, -0.2) is 28.5 Å². The van der Waals surface area contributed by atoms with Crippen LogP contribution in [0.3, 0.4) is 0 Å². The van der Waals surface area contributed by atoms with Crippen molar-refractivity contribution < 1.29 is 14.4 Å². The van der Waals surface area contributed by atoms with E-state index in [9.17, 15) is 14.4 Å². The zero-order chi connectivity index (χ0) is 13.6. The predicted molar refractivity (Wildman–Crippen MR) is 68.7 cm³/mol. The average Bonchev–Trinajstić information content (AvgIpc) is 2.64. The molecule has 1 aromatic rings. The Morgan fingerprint density at radius 2 is 1.63 bits per heavy atom. The number of imide groups is 1. The first kappa shape index (κ1) is 11.8. The summed E-state index contributed by atoms with van der Waals surface area (Å²) in [4.78, 5) is 37.7. The number of carbonyl (C=O) groups is 3. The van der Waals surface area contributed by atoms with Gasteiger partial charge in [0.1, 0.15) is 0 Å². The van der Waals surface area contributed by atoms with Gasteiger partial charge in [-0.05, 0) is 25.0 Å². The zero-order valence-corrected chi connectivity index (χ0v) is 10.4. The summed E-state index contributed by atoms with van der Waals surface area (Å²) in [5, 5.41) is 0. The summed E-state index contributed by atoms with van der Waals surface area (Å²) in [6.45, 7) is 3.79. The summed E-state index contributed by atoms with van der Waals surface area (Å²) in [7, 11) is 0. The second-order valence-electron chi connectivity index (χ2n) is 4.97. The molecule has 1 aromatic carbocycles. The lowest BCUT2D eigenvalue weighted by Gasteiger charge is -2.29. The quantitative estimate of drug-likeness (QED) is 0.569. The molecule has 4 heteroatoms. The minimum Gasteiger partial charge on any atom is -0.297 e. The van der Waals surface area contributed by atoms with Gasteiger partial charge in [-0.2, -0.15) is 0 Å². The monoisotopic (exact) mass is 255 g/mol. The molecule has 0 N–H and O–H groups in total. The molecule has 1 heterocycles. The number of allylic oxidation sites excluding steroid dienone is 1. The van der Waals surface area contributed by atoms with Crippen molar-refractivity contribution in [1.82, 2.24) is 4.90 Å². The Morgan fingerprint density at radius 3 is 2.16 bits per heavy atom. The van der Waals surface area contributed by atoms with E-state index in [0.29, 0.717) is 24.0 Å². The summed E-state index contributed by atoms with van der Waals surface area (Å²) in [5.74, 6) is -0.802. The molecule has 0 saturated heterocycles. The van der Waals surface area contributed by atoms with Gasteiger partial charge in [-0.25, -0.2) is 0 Å². The Bertz CT molecular complexity index is 583. The largest absolute Gasteiger partial charge is 0.297 e. The molecular formula is C15H13NO3. The lowest BCUT2D eigenvalue weighted by molar-refractivity contribution is -0.123. The van der Waals surface area contributed by atoms with Crippen molar-refractivity contribution >= 4 is 17.6 Å². The number of benzene rings is 1. The molecule has 19 heavy (non-hydrogen) atoms. The first-order valence-corrected chi connectivity index (χ1v) is 6.26. The van der Waals surface area contributed by atoms with Crippen molar-refractivity contribution in [3.8, 4) is 0 Å². The molecule has 0 aromatic heterocycles. The van der Waals surface area contributed by atoms with E-state index >= 15 is 0 Å². The maximum absolute atomic E-state index is 12.3. The Morgan fingerprint density at radius 1 is 1.05 bits per heavy atom. The van der Waals surface area contributed by atoms with Gasteiger partial charge in [0.25, 0.3) is 11.8 Å². The molecule has 0 radical (unpaired) electrons. The molecule has 0 bridgehead atoms. The van der Waals surface area contributed by atoms with E-state index in [4.69, 9.17) is 0 Å². The lowest BCUT2D eigenvalue weighted by Crippen LogP contribution is -2.46. The molecule has 2 aliphatic rings. The number of amides is 2. The van der Waals surface area contributed by atoms with Crippen molar-refractivity contribution in [2.75, 3.05) is 0 Å². The third-order valence-corrected chi connectivity index (χ3v) is 3.70. The second-order valence-corrected chi connectivity index (χ2v) is 4.97. The third kappa shape index (κ3) is 1.71. The van der Waals surface area contributed by atoms with Crippen molar-refractivity contribution in [3.63, 3.8) is 0 Å². The standard InChI is InChI=1S/C15H13NO3/c1-9-6-7-12(13(17)8-9)16-14(18)10-4-2-3-5-11(10)15(16)19/h2-5,12H,1,6-8H2. The maximum atomic E-state index is 12.3. The number of Topliss-reactive ketones (excluding diaryl/α,β-unsaturated/α-hetero) is 1. The van der Waals surface area contributed by atoms with E-state index in [1.54, 1.807) is 24.3 Å². The van der Waals surface area contributed by atoms with Crippen molar-refractivity contribution in [2.45, 2.75) is 25.3 Å². The van der Waals surface area contributed by atoms with Gasteiger partial charge < -0.3 is 0 Å². The number of carbonyl (C=O) groups excluding carboxylic acids is 3. The van der Waals surface area contributed by atoms with Gasteiger partial charge in [0.05, 0.1) is 17.2 Å². The van der Waals surface area contributed by atoms with E-state index in [-0.39, 0.29) is 24.0 Å². The Hall–Kier alpha value is -2.23. The highest BCUT2D eigenvalue weighted by Crippen LogP contribution is 2.30. The summed E-state index contributed by atoms with van der Waals surface area (Å²) in [5.41, 5.74) is 1.66. The van der Waals surface area contributed by atoms with E-state index in [0.717, 1.165) is 10.5 Å². The Balaban J connectivity index is 1.96. The van der Waals surface area contributed by atoms with Crippen LogP contribution in [0, 0.1) is 0 Å². The van der Waals surface area contributed by atoms with Gasteiger partial charge in [-0.1, -0.05) is 24.3 Å². The lowest BCUT2D eigenvalue weighted by atomic mass is 9.89. The summed E-state index contributed by atoms with van der Waals surface area (Å²) in [6, 6.07) is 6.07. The minimum atomic E-state index is -0.627. The molecule has 1 aliphatic heterocycles. The van der Waals surface area contributed by atoms with E-state index in [1.807, 2.05) is 0 Å². The fourth-order valence-electron chi connectivity index (χ4n) is 2.72. The van der Waals surface area contributed by atoms with E-state index < -0.39 is 6.04 Å². The number of nitrogens with zero attached hydrogens (tertiary/aromatic N) is 1. The summed E-state index contributed by atoms with van der Waals surface area (Å²) in [6.07, 6.45) is 1.44. The van der Waals surface area contributed by atoms with Crippen molar-refractivity contribution in [2.24, 2.45) is 0 Å². The molecule has 1 fully saturated rings. The van der Waals surface area contributed by atoms with Crippen LogP contribution >= 0.6 is 0 Å². The van der Waals surface area contributed by atoms with Gasteiger partial charge in [-0.15, -0.1) is 0 Å². The van der Waals surface area contributed by atoms with Crippen LogP contribution in [0.25, 0.3) is 0 Å². The normalized spacial score (nSPS) is 22.9. The maximum Gasteiger partial charge on any atom is 0.262 e. The third-order valence-electron chi connectivity index (χ3n) is 3.70. The highest BCUT2D eigenvalue weighted by atomic mass is 16.2. The zero-order valence-electron chi connectivity index (χ0n) is 10.4. The number of ketones is 1. The van der Waals surface area contributed by atoms with E-state index in [2.05, 4.69) is 6.58 Å². The molecule has 1 unspecified atom stereocenters. The van der Waals surface area contributed by atoms with Gasteiger partial charge in [-0.3, -0.25) is 19.3 Å². The molecule has 2 amide bonds. The fraction of sp³-hybridized carbons (Fsp3) is 0.267. The molecular weight excluding hydrogens is 242 g/mol. The molecule has 96 valence electrons. The molecule has 1 saturated carbocycles. The van der Waals surface area contributed by atoms with Crippen LogP contribution < -0.4 is 0 Å². The number of hydrogen-bond donors (Lipinski definition) is 0. The first-order valence-electron chi connectivity index (χ1n) is 6.26. The SMILES string of the molecule is C=C1CCC(N2C(=O)c3ccccc3C2=O)C(=O)C1. The van der Waals surface area contributed by atoms with Gasteiger partial charge >= 0.3 is 0 Å². The smallest absolute Gasteiger partial charge is 0.262 e.